The third-order valence-corrected chi connectivity index (χ3v) is 3.68. The minimum atomic E-state index is 0.694. The lowest BCUT2D eigenvalue weighted by atomic mass is 10.1. The first-order chi connectivity index (χ1) is 9.33. The molecule has 0 atom stereocenters. The molecule has 0 spiro atoms. The molecule has 0 radical (unpaired) electrons. The summed E-state index contributed by atoms with van der Waals surface area (Å²) in [6.07, 6.45) is 2.79. The predicted octanol–water partition coefficient (Wildman–Crippen LogP) is 2.41. The highest BCUT2D eigenvalue weighted by Crippen LogP contribution is 2.25. The van der Waals surface area contributed by atoms with Gasteiger partial charge in [0, 0.05) is 32.8 Å². The molecule has 1 aromatic carbocycles. The quantitative estimate of drug-likeness (QED) is 0.692. The Labute approximate surface area is 116 Å². The summed E-state index contributed by atoms with van der Waals surface area (Å²) in [7, 11) is 1.74. The fraction of sp³-hybridized carbons (Fsp3) is 0.625. The molecule has 3 heteroatoms. The molecule has 0 heterocycles. The third-order valence-electron chi connectivity index (χ3n) is 3.68. The molecule has 0 amide bonds. The minimum absolute atomic E-state index is 0.694. The first-order valence-electron chi connectivity index (χ1n) is 7.35. The van der Waals surface area contributed by atoms with E-state index in [0.717, 1.165) is 19.1 Å². The van der Waals surface area contributed by atoms with Crippen LogP contribution in [0.1, 0.15) is 30.9 Å². The molecule has 106 valence electrons. The topological polar surface area (TPSA) is 24.5 Å². The van der Waals surface area contributed by atoms with Gasteiger partial charge in [-0.2, -0.15) is 0 Å². The number of methoxy groups -OCH3 is 1. The molecule has 0 saturated heterocycles. The van der Waals surface area contributed by atoms with E-state index in [1.807, 2.05) is 0 Å². The van der Waals surface area contributed by atoms with Crippen molar-refractivity contribution >= 4 is 0 Å². The fourth-order valence-electron chi connectivity index (χ4n) is 2.49. The van der Waals surface area contributed by atoms with Gasteiger partial charge >= 0.3 is 0 Å². The number of ether oxygens (including phenoxy) is 1. The van der Waals surface area contributed by atoms with Crippen LogP contribution in [0.2, 0.25) is 0 Å². The lowest BCUT2D eigenvalue weighted by Gasteiger charge is -2.19. The maximum absolute atomic E-state index is 5.16. The molecule has 0 unspecified atom stereocenters. The average Bonchev–Trinajstić information content (AvgIpc) is 3.24. The average molecular weight is 262 g/mol. The van der Waals surface area contributed by atoms with E-state index in [1.54, 1.807) is 7.11 Å². The van der Waals surface area contributed by atoms with Crippen LogP contribution in [0.15, 0.2) is 24.3 Å². The van der Waals surface area contributed by atoms with Gasteiger partial charge in [0.05, 0.1) is 6.61 Å². The third kappa shape index (κ3) is 4.94. The van der Waals surface area contributed by atoms with Crippen LogP contribution in [0.4, 0.5) is 0 Å². The van der Waals surface area contributed by atoms with Crippen LogP contribution in [0.3, 0.4) is 0 Å². The van der Waals surface area contributed by atoms with Gasteiger partial charge in [-0.3, -0.25) is 4.90 Å². The van der Waals surface area contributed by atoms with Crippen molar-refractivity contribution in [1.82, 2.24) is 10.2 Å². The summed E-state index contributed by atoms with van der Waals surface area (Å²) in [6, 6.07) is 9.48. The molecular formula is C16H26N2O. The largest absolute Gasteiger partial charge is 0.380 e. The molecule has 3 nitrogen and oxygen atoms in total. The zero-order valence-electron chi connectivity index (χ0n) is 12.2. The van der Waals surface area contributed by atoms with E-state index < -0.39 is 0 Å². The highest BCUT2D eigenvalue weighted by atomic mass is 16.5. The number of rotatable bonds is 9. The van der Waals surface area contributed by atoms with Crippen molar-refractivity contribution in [2.75, 3.05) is 26.7 Å². The highest BCUT2D eigenvalue weighted by Gasteiger charge is 2.26. The monoisotopic (exact) mass is 262 g/mol. The summed E-state index contributed by atoms with van der Waals surface area (Å²) in [5.74, 6) is 0. The van der Waals surface area contributed by atoms with E-state index in [4.69, 9.17) is 4.74 Å². The summed E-state index contributed by atoms with van der Waals surface area (Å²) in [4.78, 5) is 2.58. The standard InChI is InChI=1S/C16H26N2O/c1-3-18(16-7-8-16)10-9-17-12-14-5-4-6-15(11-14)13-19-2/h4-6,11,16-17H,3,7-10,12-13H2,1-2H3. The Bertz CT molecular complexity index is 377. The molecular weight excluding hydrogens is 236 g/mol. The number of nitrogens with one attached hydrogen (secondary N) is 1. The molecule has 1 aliphatic carbocycles. The zero-order chi connectivity index (χ0) is 13.5. The number of likely N-dealkylation sites (N-methyl/N-ethyl adjacent to an activating group) is 1. The van der Waals surface area contributed by atoms with Crippen LogP contribution >= 0.6 is 0 Å². The van der Waals surface area contributed by atoms with Crippen molar-refractivity contribution in [2.45, 2.75) is 39.0 Å². The zero-order valence-corrected chi connectivity index (χ0v) is 12.2. The van der Waals surface area contributed by atoms with E-state index in [2.05, 4.69) is 41.4 Å². The van der Waals surface area contributed by atoms with Crippen molar-refractivity contribution in [3.05, 3.63) is 35.4 Å². The second-order valence-corrected chi connectivity index (χ2v) is 5.29. The predicted molar refractivity (Wildman–Crippen MR) is 79.1 cm³/mol. The summed E-state index contributed by atoms with van der Waals surface area (Å²) in [5, 5.41) is 3.54. The van der Waals surface area contributed by atoms with E-state index in [-0.39, 0.29) is 0 Å². The van der Waals surface area contributed by atoms with Crippen molar-refractivity contribution in [2.24, 2.45) is 0 Å². The molecule has 0 aromatic heterocycles. The maximum atomic E-state index is 5.16. The molecule has 2 rings (SSSR count). The summed E-state index contributed by atoms with van der Waals surface area (Å²) in [5.41, 5.74) is 2.58. The van der Waals surface area contributed by atoms with E-state index in [9.17, 15) is 0 Å². The summed E-state index contributed by atoms with van der Waals surface area (Å²) < 4.78 is 5.16. The van der Waals surface area contributed by atoms with Gasteiger partial charge in [-0.25, -0.2) is 0 Å². The van der Waals surface area contributed by atoms with Crippen molar-refractivity contribution in [3.8, 4) is 0 Å². The summed E-state index contributed by atoms with van der Waals surface area (Å²) in [6.45, 7) is 7.30. The second-order valence-electron chi connectivity index (χ2n) is 5.29. The van der Waals surface area contributed by atoms with Crippen molar-refractivity contribution in [1.29, 1.82) is 0 Å². The van der Waals surface area contributed by atoms with Gasteiger partial charge in [0.1, 0.15) is 0 Å². The Morgan fingerprint density at radius 2 is 2.11 bits per heavy atom. The van der Waals surface area contributed by atoms with Crippen LogP contribution in [-0.2, 0) is 17.9 Å². The lowest BCUT2D eigenvalue weighted by molar-refractivity contribution is 0.185. The molecule has 1 aromatic rings. The summed E-state index contributed by atoms with van der Waals surface area (Å²) >= 11 is 0. The van der Waals surface area contributed by atoms with Crippen molar-refractivity contribution in [3.63, 3.8) is 0 Å². The number of hydrogen-bond donors (Lipinski definition) is 1. The lowest BCUT2D eigenvalue weighted by Crippen LogP contribution is -2.33. The van der Waals surface area contributed by atoms with Crippen LogP contribution in [0.5, 0.6) is 0 Å². The van der Waals surface area contributed by atoms with Gasteiger partial charge in [-0.05, 0) is 30.5 Å². The van der Waals surface area contributed by atoms with Crippen LogP contribution in [0.25, 0.3) is 0 Å². The van der Waals surface area contributed by atoms with Crippen LogP contribution < -0.4 is 5.32 Å². The van der Waals surface area contributed by atoms with Gasteiger partial charge < -0.3 is 10.1 Å². The molecule has 1 saturated carbocycles. The Kier molecular flexibility index (Phi) is 5.83. The Balaban J connectivity index is 1.68. The SMILES string of the molecule is CCN(CCNCc1cccc(COC)c1)C1CC1. The number of hydrogen-bond acceptors (Lipinski definition) is 3. The first-order valence-corrected chi connectivity index (χ1v) is 7.35. The molecule has 1 aliphatic rings. The first kappa shape index (κ1) is 14.5. The molecule has 1 fully saturated rings. The minimum Gasteiger partial charge on any atom is -0.380 e. The fourth-order valence-corrected chi connectivity index (χ4v) is 2.49. The van der Waals surface area contributed by atoms with Gasteiger partial charge in [0.2, 0.25) is 0 Å². The van der Waals surface area contributed by atoms with Crippen LogP contribution in [0, 0.1) is 0 Å². The van der Waals surface area contributed by atoms with Gasteiger partial charge in [0.25, 0.3) is 0 Å². The van der Waals surface area contributed by atoms with Gasteiger partial charge in [-0.1, -0.05) is 31.2 Å². The van der Waals surface area contributed by atoms with Gasteiger partial charge in [-0.15, -0.1) is 0 Å². The highest BCUT2D eigenvalue weighted by molar-refractivity contribution is 5.22. The second kappa shape index (κ2) is 7.63. The smallest absolute Gasteiger partial charge is 0.0713 e. The van der Waals surface area contributed by atoms with Crippen LogP contribution in [-0.4, -0.2) is 37.7 Å². The van der Waals surface area contributed by atoms with Gasteiger partial charge in [0.15, 0.2) is 0 Å². The van der Waals surface area contributed by atoms with E-state index >= 15 is 0 Å². The van der Waals surface area contributed by atoms with E-state index in [1.165, 1.54) is 37.1 Å². The maximum Gasteiger partial charge on any atom is 0.0713 e. The molecule has 1 N–H and O–H groups in total. The molecule has 19 heavy (non-hydrogen) atoms. The number of benzene rings is 1. The Morgan fingerprint density at radius 3 is 2.79 bits per heavy atom. The normalized spacial score (nSPS) is 15.1. The number of nitrogens with zero attached hydrogens (tertiary/aromatic N) is 1. The molecule has 0 aliphatic heterocycles. The Hall–Kier alpha value is -0.900. The Morgan fingerprint density at radius 1 is 1.32 bits per heavy atom. The van der Waals surface area contributed by atoms with E-state index in [0.29, 0.717) is 6.61 Å². The molecule has 0 bridgehead atoms. The van der Waals surface area contributed by atoms with Crippen molar-refractivity contribution < 1.29 is 4.74 Å².